The molecule has 2 aliphatic heterocycles. The molecular weight excluding hydrogens is 532 g/mol. The second-order valence-electron chi connectivity index (χ2n) is 9.90. The highest BCUT2D eigenvalue weighted by Gasteiger charge is 2.34. The number of aliphatic imine (C=N–C) groups is 1. The first-order valence-electron chi connectivity index (χ1n) is 13.7. The van der Waals surface area contributed by atoms with Crippen LogP contribution in [-0.2, 0) is 32.2 Å². The quantitative estimate of drug-likeness (QED) is 0.325. The van der Waals surface area contributed by atoms with Gasteiger partial charge in [0.05, 0.1) is 12.3 Å². The van der Waals surface area contributed by atoms with E-state index < -0.39 is 12.6 Å². The molecule has 2 aromatic heterocycles. The predicted octanol–water partition coefficient (Wildman–Crippen LogP) is 2.50. The number of rotatable bonds is 12. The lowest BCUT2D eigenvalue weighted by Gasteiger charge is -2.24. The standard InChI is InChI=1S/C27H36N8O6/c1-3-39-27(37)40-17-35-22(19-6-7-21(11-19)41-26(36)30-15-18-5-4-8-28-14-18)13-24(33-35)31-25-23-12-20(16-38-2)32-34(23)10-9-29-25/h4-5,8-10,13-14,19,21,23,27,37H,3,6-7,11-12,15-17H2,1-2H3,(H,30,36)(H,29,31,33). The topological polar surface area (TPSA) is 157 Å². The average molecular weight is 569 g/mol. The Labute approximate surface area is 238 Å². The number of ether oxygens (including phenoxy) is 4. The van der Waals surface area contributed by atoms with E-state index in [1.165, 1.54) is 0 Å². The van der Waals surface area contributed by atoms with E-state index in [0.29, 0.717) is 44.3 Å². The molecule has 14 nitrogen and oxygen atoms in total. The maximum atomic E-state index is 12.4. The third-order valence-electron chi connectivity index (χ3n) is 7.02. The van der Waals surface area contributed by atoms with Crippen LogP contribution >= 0.6 is 0 Å². The van der Waals surface area contributed by atoms with Crippen molar-refractivity contribution in [3.8, 4) is 0 Å². The number of hydrazone groups is 1. The fourth-order valence-corrected chi connectivity index (χ4v) is 5.15. The number of carbonyl (C=O) groups excluding carboxylic acids is 1. The van der Waals surface area contributed by atoms with E-state index in [2.05, 4.69) is 25.7 Å². The molecule has 4 heterocycles. The van der Waals surface area contributed by atoms with Crippen LogP contribution in [0.25, 0.3) is 0 Å². The second-order valence-corrected chi connectivity index (χ2v) is 9.90. The van der Waals surface area contributed by atoms with Gasteiger partial charge in [-0.15, -0.1) is 0 Å². The highest BCUT2D eigenvalue weighted by atomic mass is 16.8. The summed E-state index contributed by atoms with van der Waals surface area (Å²) in [6, 6.07) is 5.58. The number of nitrogens with zero attached hydrogens (tertiary/aromatic N) is 6. The van der Waals surface area contributed by atoms with Crippen molar-refractivity contribution in [1.29, 1.82) is 0 Å². The van der Waals surface area contributed by atoms with Crippen LogP contribution in [0.3, 0.4) is 0 Å². The van der Waals surface area contributed by atoms with E-state index in [9.17, 15) is 9.90 Å². The number of aromatic nitrogens is 3. The molecule has 1 saturated carbocycles. The highest BCUT2D eigenvalue weighted by molar-refractivity contribution is 6.04. The normalized spacial score (nSPS) is 22.2. The number of amides is 1. The summed E-state index contributed by atoms with van der Waals surface area (Å²) in [5.41, 5.74) is 2.72. The third kappa shape index (κ3) is 7.47. The zero-order valence-electron chi connectivity index (χ0n) is 23.2. The number of carbonyl (C=O) groups is 1. The number of nitrogens with one attached hydrogen (secondary N) is 2. The van der Waals surface area contributed by atoms with Crippen molar-refractivity contribution < 1.29 is 28.8 Å². The summed E-state index contributed by atoms with van der Waals surface area (Å²) in [6.45, 7) is 1.50. The van der Waals surface area contributed by atoms with Gasteiger partial charge in [-0.05, 0) is 37.8 Å². The van der Waals surface area contributed by atoms with Crippen molar-refractivity contribution in [3.63, 3.8) is 0 Å². The minimum atomic E-state index is -1.37. The van der Waals surface area contributed by atoms with Gasteiger partial charge in [0.25, 0.3) is 6.48 Å². The highest BCUT2D eigenvalue weighted by Crippen LogP contribution is 2.37. The van der Waals surface area contributed by atoms with Gasteiger partial charge in [0.1, 0.15) is 24.7 Å². The first-order valence-corrected chi connectivity index (χ1v) is 13.7. The van der Waals surface area contributed by atoms with Crippen molar-refractivity contribution in [2.45, 2.75) is 70.4 Å². The van der Waals surface area contributed by atoms with E-state index in [-0.39, 0.29) is 24.8 Å². The molecule has 0 saturated heterocycles. The van der Waals surface area contributed by atoms with Gasteiger partial charge in [-0.1, -0.05) is 6.07 Å². The lowest BCUT2D eigenvalue weighted by Crippen LogP contribution is -2.38. The Bertz CT molecular complexity index is 1270. The minimum absolute atomic E-state index is 0.0190. The van der Waals surface area contributed by atoms with E-state index in [0.717, 1.165) is 29.8 Å². The fraction of sp³-hybridized carbons (Fsp3) is 0.519. The SMILES string of the molecule is CCOC(O)OCn1nc(NC2=NC=CN3N=C(COC)CC23)cc1C1CCC(OC(=O)NCc2cccnc2)C1. The zero-order valence-corrected chi connectivity index (χ0v) is 23.2. The predicted molar refractivity (Wildman–Crippen MR) is 149 cm³/mol. The molecule has 1 amide bonds. The number of methoxy groups -OCH3 is 1. The van der Waals surface area contributed by atoms with Crippen LogP contribution in [0.15, 0.2) is 53.1 Å². The second kappa shape index (κ2) is 13.7. The summed E-state index contributed by atoms with van der Waals surface area (Å²) in [5.74, 6) is 1.36. The zero-order chi connectivity index (χ0) is 28.6. The minimum Gasteiger partial charge on any atom is -0.446 e. The molecule has 5 rings (SSSR count). The van der Waals surface area contributed by atoms with Gasteiger partial charge in [0, 0.05) is 69.2 Å². The van der Waals surface area contributed by atoms with Gasteiger partial charge in [-0.3, -0.25) is 9.99 Å². The average Bonchev–Trinajstić information content (AvgIpc) is 3.70. The van der Waals surface area contributed by atoms with Crippen LogP contribution in [0.1, 0.15) is 49.8 Å². The Morgan fingerprint density at radius 3 is 3.00 bits per heavy atom. The van der Waals surface area contributed by atoms with Crippen molar-refractivity contribution in [2.75, 3.05) is 25.6 Å². The third-order valence-corrected chi connectivity index (χ3v) is 7.02. The van der Waals surface area contributed by atoms with Crippen molar-refractivity contribution in [3.05, 3.63) is 54.3 Å². The molecule has 0 aromatic carbocycles. The largest absolute Gasteiger partial charge is 0.446 e. The van der Waals surface area contributed by atoms with Gasteiger partial charge in [-0.2, -0.15) is 10.2 Å². The Hall–Kier alpha value is -3.85. The molecule has 4 atom stereocenters. The summed E-state index contributed by atoms with van der Waals surface area (Å²) in [6.07, 6.45) is 9.05. The number of hydrogen-bond acceptors (Lipinski definition) is 12. The number of aliphatic hydroxyl groups excluding tert-OH is 1. The van der Waals surface area contributed by atoms with Crippen LogP contribution in [0.4, 0.5) is 10.6 Å². The van der Waals surface area contributed by atoms with Crippen LogP contribution in [-0.4, -0.2) is 81.5 Å². The summed E-state index contributed by atoms with van der Waals surface area (Å²) in [4.78, 5) is 21.0. The number of amidine groups is 1. The molecule has 2 aromatic rings. The summed E-state index contributed by atoms with van der Waals surface area (Å²) >= 11 is 0. The Morgan fingerprint density at radius 2 is 2.20 bits per heavy atom. The molecule has 41 heavy (non-hydrogen) atoms. The van der Waals surface area contributed by atoms with Crippen LogP contribution in [0.2, 0.25) is 0 Å². The van der Waals surface area contributed by atoms with E-state index in [1.807, 2.05) is 29.4 Å². The van der Waals surface area contributed by atoms with Crippen LogP contribution < -0.4 is 10.6 Å². The summed E-state index contributed by atoms with van der Waals surface area (Å²) < 4.78 is 23.2. The number of fused-ring (bicyclic) bond motifs is 1. The molecule has 3 aliphatic rings. The number of alkyl carbamates (subject to hydrolysis) is 1. The number of hydrogen-bond donors (Lipinski definition) is 3. The molecule has 4 unspecified atom stereocenters. The Morgan fingerprint density at radius 1 is 1.29 bits per heavy atom. The molecule has 220 valence electrons. The van der Waals surface area contributed by atoms with Crippen molar-refractivity contribution in [1.82, 2.24) is 25.1 Å². The molecule has 1 aliphatic carbocycles. The maximum absolute atomic E-state index is 12.4. The van der Waals surface area contributed by atoms with Crippen molar-refractivity contribution in [2.24, 2.45) is 10.1 Å². The van der Waals surface area contributed by atoms with Crippen molar-refractivity contribution >= 4 is 23.5 Å². The molecule has 0 radical (unpaired) electrons. The van der Waals surface area contributed by atoms with Crippen LogP contribution in [0, 0.1) is 0 Å². The summed E-state index contributed by atoms with van der Waals surface area (Å²) in [7, 11) is 1.65. The number of pyridine rings is 1. The summed E-state index contributed by atoms with van der Waals surface area (Å²) in [5, 5.41) is 27.2. The monoisotopic (exact) mass is 568 g/mol. The molecule has 0 bridgehead atoms. The smallest absolute Gasteiger partial charge is 0.407 e. The first kappa shape index (κ1) is 28.7. The molecule has 14 heteroatoms. The Balaban J connectivity index is 1.23. The molecule has 3 N–H and O–H groups in total. The fourth-order valence-electron chi connectivity index (χ4n) is 5.15. The molecular formula is C27H36N8O6. The number of anilines is 1. The molecule has 0 spiro atoms. The Kier molecular flexibility index (Phi) is 9.56. The van der Waals surface area contributed by atoms with Gasteiger partial charge in [-0.25, -0.2) is 14.5 Å². The lowest BCUT2D eigenvalue weighted by molar-refractivity contribution is -0.276. The van der Waals surface area contributed by atoms with Crippen LogP contribution in [0.5, 0.6) is 0 Å². The lowest BCUT2D eigenvalue weighted by atomic mass is 10.0. The van der Waals surface area contributed by atoms with Gasteiger partial charge in [0.2, 0.25) is 0 Å². The van der Waals surface area contributed by atoms with Gasteiger partial charge >= 0.3 is 6.09 Å². The van der Waals surface area contributed by atoms with Gasteiger partial charge < -0.3 is 34.7 Å². The maximum Gasteiger partial charge on any atom is 0.407 e. The first-order chi connectivity index (χ1) is 20.0. The van der Waals surface area contributed by atoms with E-state index >= 15 is 0 Å². The van der Waals surface area contributed by atoms with Gasteiger partial charge in [0.15, 0.2) is 5.82 Å². The van der Waals surface area contributed by atoms with E-state index in [1.54, 1.807) is 37.3 Å². The number of aliphatic hydroxyl groups is 1. The van der Waals surface area contributed by atoms with E-state index in [4.69, 9.17) is 24.0 Å². The molecule has 1 fully saturated rings.